The molecule has 124 valence electrons. The van der Waals surface area contributed by atoms with Crippen LogP contribution in [0.3, 0.4) is 0 Å². The minimum Gasteiger partial charge on any atom is -0.323 e. The van der Waals surface area contributed by atoms with Crippen molar-refractivity contribution >= 4 is 46.4 Å². The molecule has 1 N–H and O–H groups in total. The van der Waals surface area contributed by atoms with E-state index in [-0.39, 0.29) is 15.1 Å². The molecule has 0 atom stereocenters. The van der Waals surface area contributed by atoms with Crippen LogP contribution in [-0.2, 0) is 4.79 Å². The van der Waals surface area contributed by atoms with Gasteiger partial charge in [0.05, 0.1) is 15.1 Å². The molecule has 0 bridgehead atoms. The van der Waals surface area contributed by atoms with Crippen molar-refractivity contribution in [2.24, 2.45) is 0 Å². The molecule has 1 aromatic carbocycles. The van der Waals surface area contributed by atoms with Crippen molar-refractivity contribution in [3.8, 4) is 0 Å². The highest BCUT2D eigenvalue weighted by atomic mass is 35.5. The summed E-state index contributed by atoms with van der Waals surface area (Å²) in [5.74, 6) is -2.98. The van der Waals surface area contributed by atoms with Gasteiger partial charge in [0, 0.05) is 5.69 Å². The van der Waals surface area contributed by atoms with Crippen LogP contribution >= 0.6 is 34.8 Å². The van der Waals surface area contributed by atoms with E-state index in [2.05, 4.69) is 0 Å². The lowest BCUT2D eigenvalue weighted by molar-refractivity contribution is -0.324. The first-order valence-electron chi connectivity index (χ1n) is 5.00. The zero-order valence-electron chi connectivity index (χ0n) is 9.84. The van der Waals surface area contributed by atoms with Gasteiger partial charge in [-0.2, -0.15) is 26.3 Å². The Bertz CT molecular complexity index is 562. The van der Waals surface area contributed by atoms with Gasteiger partial charge in [0.2, 0.25) is 0 Å². The number of carbonyl (C=O) groups excluding carboxylic acids is 1. The van der Waals surface area contributed by atoms with Crippen LogP contribution in [0.25, 0.3) is 0 Å². The first-order valence-corrected chi connectivity index (χ1v) is 6.13. The Hall–Kier alpha value is -0.930. The molecular weight excluding hydrogens is 389 g/mol. The molecule has 0 aliphatic carbocycles. The predicted octanol–water partition coefficient (Wildman–Crippen LogP) is 5.42. The number of hydrogen-bond donors (Lipinski definition) is 1. The number of nitrogens with one attached hydrogen (secondary N) is 1. The maximum atomic E-state index is 13.4. The SMILES string of the molecule is O=C(Nc1cc(Cl)c(Cl)c(Cl)c1)C(F)(C(F)(F)F)C(F)(F)F. The molecule has 0 aliphatic heterocycles. The standard InChI is InChI=1S/C10H3Cl3F7NO/c11-4-1-3(2-5(12)6(4)13)21-7(22)8(14,9(15,16)17)10(18,19)20/h1-2H,(H,21,22). The van der Waals surface area contributed by atoms with Gasteiger partial charge in [-0.05, 0) is 12.1 Å². The molecule has 1 aromatic rings. The number of anilines is 1. The molecule has 0 aromatic heterocycles. The Morgan fingerprint density at radius 2 is 1.23 bits per heavy atom. The van der Waals surface area contributed by atoms with E-state index in [4.69, 9.17) is 34.8 Å². The van der Waals surface area contributed by atoms with Crippen molar-refractivity contribution in [1.29, 1.82) is 0 Å². The molecule has 0 heterocycles. The third kappa shape index (κ3) is 3.36. The van der Waals surface area contributed by atoms with E-state index in [1.807, 2.05) is 0 Å². The van der Waals surface area contributed by atoms with Crippen LogP contribution in [0.15, 0.2) is 12.1 Å². The average molecular weight is 392 g/mol. The van der Waals surface area contributed by atoms with Gasteiger partial charge in [-0.15, -0.1) is 0 Å². The number of halogens is 10. The van der Waals surface area contributed by atoms with Gasteiger partial charge in [-0.1, -0.05) is 34.8 Å². The lowest BCUT2D eigenvalue weighted by atomic mass is 10.0. The van der Waals surface area contributed by atoms with E-state index in [1.54, 1.807) is 0 Å². The summed E-state index contributed by atoms with van der Waals surface area (Å²) in [7, 11) is 0. The highest BCUT2D eigenvalue weighted by Crippen LogP contribution is 2.47. The lowest BCUT2D eigenvalue weighted by Crippen LogP contribution is -2.60. The maximum absolute atomic E-state index is 13.4. The minimum atomic E-state index is -6.52. The number of rotatable bonds is 2. The van der Waals surface area contributed by atoms with Crippen molar-refractivity contribution in [2.75, 3.05) is 5.32 Å². The second-order valence-electron chi connectivity index (χ2n) is 3.86. The molecule has 22 heavy (non-hydrogen) atoms. The first-order chi connectivity index (χ1) is 9.71. The largest absolute Gasteiger partial charge is 0.441 e. The number of amides is 1. The van der Waals surface area contributed by atoms with Gasteiger partial charge < -0.3 is 5.32 Å². The van der Waals surface area contributed by atoms with Gasteiger partial charge in [0.1, 0.15) is 0 Å². The second kappa shape index (κ2) is 5.93. The van der Waals surface area contributed by atoms with E-state index < -0.39 is 29.6 Å². The van der Waals surface area contributed by atoms with E-state index in [9.17, 15) is 35.5 Å². The Morgan fingerprint density at radius 1 is 0.864 bits per heavy atom. The van der Waals surface area contributed by atoms with Crippen molar-refractivity contribution in [3.05, 3.63) is 27.2 Å². The molecule has 0 fully saturated rings. The topological polar surface area (TPSA) is 29.1 Å². The van der Waals surface area contributed by atoms with E-state index in [0.717, 1.165) is 5.32 Å². The van der Waals surface area contributed by atoms with Gasteiger partial charge >= 0.3 is 18.0 Å². The molecule has 0 saturated carbocycles. The van der Waals surface area contributed by atoms with Gasteiger partial charge in [0.25, 0.3) is 5.91 Å². The summed E-state index contributed by atoms with van der Waals surface area (Å²) < 4.78 is 87.5. The summed E-state index contributed by atoms with van der Waals surface area (Å²) in [5.41, 5.74) is -6.79. The zero-order chi connectivity index (χ0) is 17.5. The summed E-state index contributed by atoms with van der Waals surface area (Å²) in [5, 5.41) is 0.137. The number of alkyl halides is 7. The fraction of sp³-hybridized carbons (Fsp3) is 0.300. The van der Waals surface area contributed by atoms with Crippen molar-refractivity contribution in [3.63, 3.8) is 0 Å². The smallest absolute Gasteiger partial charge is 0.323 e. The molecule has 0 radical (unpaired) electrons. The van der Waals surface area contributed by atoms with Crippen molar-refractivity contribution in [2.45, 2.75) is 18.0 Å². The van der Waals surface area contributed by atoms with Gasteiger partial charge in [-0.25, -0.2) is 4.39 Å². The molecule has 0 unspecified atom stereocenters. The Balaban J connectivity index is 3.25. The highest BCUT2D eigenvalue weighted by Gasteiger charge is 2.77. The Labute approximate surface area is 133 Å². The van der Waals surface area contributed by atoms with Crippen LogP contribution in [0, 0.1) is 0 Å². The monoisotopic (exact) mass is 391 g/mol. The summed E-state index contributed by atoms with van der Waals surface area (Å²) in [6.45, 7) is 0. The van der Waals surface area contributed by atoms with Gasteiger partial charge in [0.15, 0.2) is 0 Å². The minimum absolute atomic E-state index is 0.250. The highest BCUT2D eigenvalue weighted by molar-refractivity contribution is 6.48. The van der Waals surface area contributed by atoms with Crippen LogP contribution in [0.1, 0.15) is 0 Å². The van der Waals surface area contributed by atoms with Gasteiger partial charge in [-0.3, -0.25) is 4.79 Å². The zero-order valence-corrected chi connectivity index (χ0v) is 12.1. The fourth-order valence-corrected chi connectivity index (χ4v) is 1.86. The lowest BCUT2D eigenvalue weighted by Gasteiger charge is -2.28. The van der Waals surface area contributed by atoms with Crippen LogP contribution in [0.2, 0.25) is 15.1 Å². The van der Waals surface area contributed by atoms with E-state index in [1.165, 1.54) is 0 Å². The fourth-order valence-electron chi connectivity index (χ4n) is 1.26. The molecule has 12 heteroatoms. The molecular formula is C10H3Cl3F7NO. The predicted molar refractivity (Wildman–Crippen MR) is 66.1 cm³/mol. The maximum Gasteiger partial charge on any atom is 0.441 e. The Morgan fingerprint density at radius 3 is 1.55 bits per heavy atom. The third-order valence-corrected chi connectivity index (χ3v) is 3.53. The average Bonchev–Trinajstić information content (AvgIpc) is 2.31. The molecule has 0 spiro atoms. The van der Waals surface area contributed by atoms with Crippen LogP contribution in [0.5, 0.6) is 0 Å². The molecule has 1 rings (SSSR count). The molecule has 0 saturated heterocycles. The second-order valence-corrected chi connectivity index (χ2v) is 5.05. The number of carbonyl (C=O) groups is 1. The molecule has 2 nitrogen and oxygen atoms in total. The third-order valence-electron chi connectivity index (χ3n) is 2.34. The van der Waals surface area contributed by atoms with Crippen LogP contribution in [-0.4, -0.2) is 23.9 Å². The Kier molecular flexibility index (Phi) is 5.16. The quantitative estimate of drug-likeness (QED) is 0.529. The summed E-state index contributed by atoms with van der Waals surface area (Å²) in [6, 6.07) is 1.42. The van der Waals surface area contributed by atoms with Crippen molar-refractivity contribution in [1.82, 2.24) is 0 Å². The molecule has 1 amide bonds. The molecule has 0 aliphatic rings. The summed E-state index contributed by atoms with van der Waals surface area (Å²) >= 11 is 16.5. The van der Waals surface area contributed by atoms with E-state index >= 15 is 0 Å². The van der Waals surface area contributed by atoms with Crippen molar-refractivity contribution < 1.29 is 35.5 Å². The number of hydrogen-bond acceptors (Lipinski definition) is 1. The van der Waals surface area contributed by atoms with Crippen LogP contribution in [0.4, 0.5) is 36.4 Å². The normalized spacial score (nSPS) is 13.2. The summed E-state index contributed by atoms with van der Waals surface area (Å²) in [4.78, 5) is 11.2. The van der Waals surface area contributed by atoms with E-state index in [0.29, 0.717) is 12.1 Å². The number of benzene rings is 1. The van der Waals surface area contributed by atoms with Crippen LogP contribution < -0.4 is 5.32 Å². The first kappa shape index (κ1) is 19.1. The summed E-state index contributed by atoms with van der Waals surface area (Å²) in [6.07, 6.45) is -13.0.